The van der Waals surface area contributed by atoms with Gasteiger partial charge in [-0.05, 0) is 42.5 Å². The van der Waals surface area contributed by atoms with Crippen molar-refractivity contribution in [2.75, 3.05) is 19.0 Å². The van der Waals surface area contributed by atoms with E-state index in [2.05, 4.69) is 4.99 Å². The SMILES string of the molecule is CN(C)c1ccc(N=CCC(=O)c2ccc(F)c(C#N)c2)cc1. The van der Waals surface area contributed by atoms with Crippen LogP contribution in [-0.2, 0) is 0 Å². The molecule has 116 valence electrons. The quantitative estimate of drug-likeness (QED) is 0.624. The van der Waals surface area contributed by atoms with Gasteiger partial charge in [0.15, 0.2) is 5.78 Å². The maximum Gasteiger partial charge on any atom is 0.168 e. The molecule has 2 aromatic carbocycles. The van der Waals surface area contributed by atoms with Crippen LogP contribution in [0.3, 0.4) is 0 Å². The first kappa shape index (κ1) is 16.4. The molecule has 4 nitrogen and oxygen atoms in total. The molecule has 0 aliphatic carbocycles. The average molecular weight is 309 g/mol. The van der Waals surface area contributed by atoms with Gasteiger partial charge >= 0.3 is 0 Å². The number of carbonyl (C=O) groups excluding carboxylic acids is 1. The summed E-state index contributed by atoms with van der Waals surface area (Å²) in [5.74, 6) is -0.839. The molecule has 0 radical (unpaired) electrons. The third kappa shape index (κ3) is 4.24. The zero-order chi connectivity index (χ0) is 16.8. The minimum atomic E-state index is -0.626. The highest BCUT2D eigenvalue weighted by atomic mass is 19.1. The number of benzene rings is 2. The molecule has 2 rings (SSSR count). The number of rotatable bonds is 5. The fraction of sp³-hybridized carbons (Fsp3) is 0.167. The largest absolute Gasteiger partial charge is 0.378 e. The van der Waals surface area contributed by atoms with Crippen LogP contribution in [0.15, 0.2) is 47.5 Å². The minimum absolute atomic E-state index is 0.0892. The Hall–Kier alpha value is -3.00. The van der Waals surface area contributed by atoms with E-state index in [1.165, 1.54) is 18.3 Å². The van der Waals surface area contributed by atoms with Crippen LogP contribution in [0, 0.1) is 17.1 Å². The third-order valence-corrected chi connectivity index (χ3v) is 3.29. The number of anilines is 1. The number of ketones is 1. The smallest absolute Gasteiger partial charge is 0.168 e. The molecule has 0 saturated carbocycles. The van der Waals surface area contributed by atoms with Gasteiger partial charge in [-0.15, -0.1) is 0 Å². The van der Waals surface area contributed by atoms with Crippen molar-refractivity contribution >= 4 is 23.4 Å². The average Bonchev–Trinajstić information content (AvgIpc) is 2.55. The second kappa shape index (κ2) is 7.32. The highest BCUT2D eigenvalue weighted by molar-refractivity contribution is 6.04. The summed E-state index contributed by atoms with van der Waals surface area (Å²) in [4.78, 5) is 18.2. The van der Waals surface area contributed by atoms with Gasteiger partial charge in [0.05, 0.1) is 11.3 Å². The first-order valence-corrected chi connectivity index (χ1v) is 7.04. The zero-order valence-corrected chi connectivity index (χ0v) is 13.0. The second-order valence-electron chi connectivity index (χ2n) is 5.16. The van der Waals surface area contributed by atoms with Crippen LogP contribution in [0.1, 0.15) is 22.3 Å². The fourth-order valence-electron chi connectivity index (χ4n) is 1.97. The lowest BCUT2D eigenvalue weighted by molar-refractivity contribution is 0.100. The summed E-state index contributed by atoms with van der Waals surface area (Å²) in [5.41, 5.74) is 1.99. The summed E-state index contributed by atoms with van der Waals surface area (Å²) in [6, 6.07) is 13.1. The van der Waals surface area contributed by atoms with Crippen LogP contribution in [0.2, 0.25) is 0 Å². The van der Waals surface area contributed by atoms with Crippen LogP contribution in [-0.4, -0.2) is 26.1 Å². The number of Topliss-reactive ketones (excluding diaryl/α,β-unsaturated/α-hetero) is 1. The molecule has 0 fully saturated rings. The molecular formula is C18H16FN3O. The van der Waals surface area contributed by atoms with Crippen molar-refractivity contribution in [1.29, 1.82) is 5.26 Å². The summed E-state index contributed by atoms with van der Waals surface area (Å²) >= 11 is 0. The lowest BCUT2D eigenvalue weighted by Gasteiger charge is -2.11. The Morgan fingerprint density at radius 3 is 2.57 bits per heavy atom. The van der Waals surface area contributed by atoms with E-state index >= 15 is 0 Å². The van der Waals surface area contributed by atoms with Gasteiger partial charge < -0.3 is 4.90 Å². The van der Waals surface area contributed by atoms with Crippen molar-refractivity contribution in [2.45, 2.75) is 6.42 Å². The summed E-state index contributed by atoms with van der Waals surface area (Å²) in [5, 5.41) is 8.78. The van der Waals surface area contributed by atoms with Gasteiger partial charge in [-0.3, -0.25) is 9.79 Å². The van der Waals surface area contributed by atoms with E-state index in [0.717, 1.165) is 17.4 Å². The Bertz CT molecular complexity index is 774. The Balaban J connectivity index is 2.02. The van der Waals surface area contributed by atoms with E-state index in [1.54, 1.807) is 6.07 Å². The Kier molecular flexibility index (Phi) is 5.21. The number of carbonyl (C=O) groups is 1. The summed E-state index contributed by atoms with van der Waals surface area (Å²) in [6.45, 7) is 0. The molecule has 2 aromatic rings. The lowest BCUT2D eigenvalue weighted by Crippen LogP contribution is -2.07. The Morgan fingerprint density at radius 1 is 1.26 bits per heavy atom. The molecule has 5 heteroatoms. The van der Waals surface area contributed by atoms with Crippen LogP contribution >= 0.6 is 0 Å². The molecule has 0 spiro atoms. The molecule has 0 aliphatic heterocycles. The first-order valence-electron chi connectivity index (χ1n) is 7.04. The highest BCUT2D eigenvalue weighted by Crippen LogP contribution is 2.18. The molecule has 0 aromatic heterocycles. The summed E-state index contributed by atoms with van der Waals surface area (Å²) in [6.07, 6.45) is 1.61. The highest BCUT2D eigenvalue weighted by Gasteiger charge is 2.08. The molecule has 0 bridgehead atoms. The number of halogens is 1. The van der Waals surface area contributed by atoms with Gasteiger partial charge in [0.2, 0.25) is 0 Å². The van der Waals surface area contributed by atoms with Crippen molar-refractivity contribution < 1.29 is 9.18 Å². The normalized spacial score (nSPS) is 10.5. The number of nitrogens with zero attached hydrogens (tertiary/aromatic N) is 3. The maximum absolute atomic E-state index is 13.2. The van der Waals surface area contributed by atoms with Crippen molar-refractivity contribution in [1.82, 2.24) is 0 Å². The van der Waals surface area contributed by atoms with Crippen LogP contribution < -0.4 is 4.90 Å². The van der Waals surface area contributed by atoms with Crippen molar-refractivity contribution in [3.8, 4) is 6.07 Å². The van der Waals surface area contributed by atoms with E-state index in [-0.39, 0.29) is 17.8 Å². The summed E-state index contributed by atoms with van der Waals surface area (Å²) < 4.78 is 13.2. The Morgan fingerprint density at radius 2 is 1.96 bits per heavy atom. The molecule has 0 atom stereocenters. The van der Waals surface area contributed by atoms with E-state index in [1.807, 2.05) is 43.3 Å². The standard InChI is InChI=1S/C18H16FN3O/c1-22(2)16-6-4-15(5-7-16)21-10-9-18(23)13-3-8-17(19)14(11-13)12-20/h3-8,10-11H,9H2,1-2H3. The topological polar surface area (TPSA) is 56.5 Å². The first-order chi connectivity index (χ1) is 11.0. The van der Waals surface area contributed by atoms with E-state index in [4.69, 9.17) is 5.26 Å². The van der Waals surface area contributed by atoms with Crippen LogP contribution in [0.5, 0.6) is 0 Å². The molecule has 0 heterocycles. The van der Waals surface area contributed by atoms with Crippen molar-refractivity contribution in [3.05, 3.63) is 59.4 Å². The molecule has 23 heavy (non-hydrogen) atoms. The van der Waals surface area contributed by atoms with E-state index in [0.29, 0.717) is 5.56 Å². The maximum atomic E-state index is 13.2. The predicted octanol–water partition coefficient (Wildman–Crippen LogP) is 3.74. The van der Waals surface area contributed by atoms with Crippen molar-refractivity contribution in [2.24, 2.45) is 4.99 Å². The van der Waals surface area contributed by atoms with Gasteiger partial charge in [0.1, 0.15) is 11.9 Å². The second-order valence-corrected chi connectivity index (χ2v) is 5.16. The molecule has 0 amide bonds. The lowest BCUT2D eigenvalue weighted by atomic mass is 10.1. The minimum Gasteiger partial charge on any atom is -0.378 e. The number of hydrogen-bond donors (Lipinski definition) is 0. The van der Waals surface area contributed by atoms with Gasteiger partial charge in [-0.1, -0.05) is 0 Å². The van der Waals surface area contributed by atoms with E-state index < -0.39 is 5.82 Å². The molecule has 0 aliphatic rings. The van der Waals surface area contributed by atoms with Gasteiger partial charge in [0.25, 0.3) is 0 Å². The number of aliphatic imine (C=N–C) groups is 1. The van der Waals surface area contributed by atoms with Gasteiger partial charge in [-0.25, -0.2) is 4.39 Å². The van der Waals surface area contributed by atoms with E-state index in [9.17, 15) is 9.18 Å². The molecule has 0 saturated heterocycles. The van der Waals surface area contributed by atoms with Crippen LogP contribution in [0.4, 0.5) is 15.8 Å². The third-order valence-electron chi connectivity index (χ3n) is 3.29. The summed E-state index contributed by atoms with van der Waals surface area (Å²) in [7, 11) is 3.91. The van der Waals surface area contributed by atoms with Gasteiger partial charge in [0, 0.05) is 38.0 Å². The van der Waals surface area contributed by atoms with Crippen LogP contribution in [0.25, 0.3) is 0 Å². The Labute approximate surface area is 134 Å². The predicted molar refractivity (Wildman–Crippen MR) is 89.0 cm³/mol. The van der Waals surface area contributed by atoms with Gasteiger partial charge in [-0.2, -0.15) is 5.26 Å². The zero-order valence-electron chi connectivity index (χ0n) is 13.0. The molecular weight excluding hydrogens is 293 g/mol. The fourth-order valence-corrected chi connectivity index (χ4v) is 1.97. The molecule has 0 unspecified atom stereocenters. The number of hydrogen-bond acceptors (Lipinski definition) is 4. The van der Waals surface area contributed by atoms with Crippen molar-refractivity contribution in [3.63, 3.8) is 0 Å². The number of nitriles is 1. The monoisotopic (exact) mass is 309 g/mol. The molecule has 0 N–H and O–H groups in total.